The fraction of sp³-hybridized carbons (Fsp3) is 0.409. The molecule has 0 atom stereocenters. The van der Waals surface area contributed by atoms with Crippen LogP contribution in [0.5, 0.6) is 5.75 Å². The van der Waals surface area contributed by atoms with Gasteiger partial charge in [-0.05, 0) is 55.2 Å². The number of ether oxygens (including phenoxy) is 1. The summed E-state index contributed by atoms with van der Waals surface area (Å²) in [7, 11) is 1.65. The van der Waals surface area contributed by atoms with Gasteiger partial charge in [-0.2, -0.15) is 0 Å². The number of carbonyl (C=O) groups excluding carboxylic acids is 1. The average molecular weight is 387 g/mol. The minimum absolute atomic E-state index is 0.00385. The fourth-order valence-corrected chi connectivity index (χ4v) is 3.63. The number of nitrogens with one attached hydrogen (secondary N) is 1. The number of rotatable bonds is 6. The third kappa shape index (κ3) is 5.64. The van der Waals surface area contributed by atoms with Gasteiger partial charge in [-0.25, -0.2) is 0 Å². The second-order valence-corrected chi connectivity index (χ2v) is 7.40. The highest BCUT2D eigenvalue weighted by Gasteiger charge is 2.15. The molecule has 0 radical (unpaired) electrons. The van der Waals surface area contributed by atoms with Crippen molar-refractivity contribution >= 4 is 28.9 Å². The molecule has 27 heavy (non-hydrogen) atoms. The molecule has 1 amide bonds. The second kappa shape index (κ2) is 9.65. The van der Waals surface area contributed by atoms with E-state index in [0.29, 0.717) is 17.9 Å². The third-order valence-electron chi connectivity index (χ3n) is 4.98. The van der Waals surface area contributed by atoms with Crippen LogP contribution >= 0.6 is 11.6 Å². The highest BCUT2D eigenvalue weighted by atomic mass is 35.5. The van der Waals surface area contributed by atoms with Crippen molar-refractivity contribution < 1.29 is 9.53 Å². The van der Waals surface area contributed by atoms with Crippen molar-refractivity contribution in [3.05, 3.63) is 53.1 Å². The van der Waals surface area contributed by atoms with Gasteiger partial charge in [-0.3, -0.25) is 4.79 Å². The summed E-state index contributed by atoms with van der Waals surface area (Å²) in [4.78, 5) is 14.9. The highest BCUT2D eigenvalue weighted by Crippen LogP contribution is 2.31. The molecule has 5 heteroatoms. The second-order valence-electron chi connectivity index (χ2n) is 6.96. The Morgan fingerprint density at radius 3 is 2.44 bits per heavy atom. The first-order valence-electron chi connectivity index (χ1n) is 9.63. The molecule has 1 fully saturated rings. The first-order chi connectivity index (χ1) is 13.2. The number of hydrogen-bond donors (Lipinski definition) is 1. The van der Waals surface area contributed by atoms with E-state index in [-0.39, 0.29) is 5.91 Å². The minimum atomic E-state index is 0.00385. The summed E-state index contributed by atoms with van der Waals surface area (Å²) in [6.45, 7) is 2.05. The Morgan fingerprint density at radius 1 is 1.07 bits per heavy atom. The predicted octanol–water partition coefficient (Wildman–Crippen LogP) is 5.30. The first-order valence-corrected chi connectivity index (χ1v) is 10.0. The number of aryl methyl sites for hydroxylation is 1. The molecule has 1 heterocycles. The lowest BCUT2D eigenvalue weighted by molar-refractivity contribution is -0.116. The van der Waals surface area contributed by atoms with Gasteiger partial charge in [0, 0.05) is 24.5 Å². The minimum Gasteiger partial charge on any atom is -0.497 e. The predicted molar refractivity (Wildman–Crippen MR) is 112 cm³/mol. The molecule has 0 aliphatic carbocycles. The number of anilines is 2. The molecule has 1 N–H and O–H groups in total. The Hall–Kier alpha value is -2.20. The first kappa shape index (κ1) is 19.6. The third-order valence-corrected chi connectivity index (χ3v) is 5.21. The zero-order valence-corrected chi connectivity index (χ0v) is 16.6. The Bertz CT molecular complexity index is 753. The van der Waals surface area contributed by atoms with E-state index in [9.17, 15) is 4.79 Å². The van der Waals surface area contributed by atoms with Crippen LogP contribution in [-0.4, -0.2) is 26.1 Å². The normalized spacial score (nSPS) is 14.5. The SMILES string of the molecule is COc1ccc(CCC(=O)Nc2cc(Cl)ccc2N2CCCCCC2)cc1. The van der Waals surface area contributed by atoms with Crippen molar-refractivity contribution in [1.29, 1.82) is 0 Å². The maximum atomic E-state index is 12.5. The summed E-state index contributed by atoms with van der Waals surface area (Å²) < 4.78 is 5.17. The lowest BCUT2D eigenvalue weighted by Gasteiger charge is -2.25. The van der Waals surface area contributed by atoms with Gasteiger partial charge < -0.3 is 15.0 Å². The summed E-state index contributed by atoms with van der Waals surface area (Å²) in [5.74, 6) is 0.827. The van der Waals surface area contributed by atoms with E-state index in [4.69, 9.17) is 16.3 Å². The van der Waals surface area contributed by atoms with Gasteiger partial charge >= 0.3 is 0 Å². The quantitative estimate of drug-likeness (QED) is 0.732. The summed E-state index contributed by atoms with van der Waals surface area (Å²) in [5, 5.41) is 3.71. The van der Waals surface area contributed by atoms with E-state index in [1.54, 1.807) is 7.11 Å². The molecule has 4 nitrogen and oxygen atoms in total. The highest BCUT2D eigenvalue weighted by molar-refractivity contribution is 6.31. The van der Waals surface area contributed by atoms with E-state index < -0.39 is 0 Å². The van der Waals surface area contributed by atoms with Crippen molar-refractivity contribution in [2.45, 2.75) is 38.5 Å². The zero-order valence-electron chi connectivity index (χ0n) is 15.8. The molecule has 144 valence electrons. The monoisotopic (exact) mass is 386 g/mol. The number of amides is 1. The van der Waals surface area contributed by atoms with Gasteiger partial charge in [-0.1, -0.05) is 36.6 Å². The van der Waals surface area contributed by atoms with Gasteiger partial charge in [0.1, 0.15) is 5.75 Å². The van der Waals surface area contributed by atoms with Crippen LogP contribution in [0.15, 0.2) is 42.5 Å². The van der Waals surface area contributed by atoms with E-state index >= 15 is 0 Å². The zero-order chi connectivity index (χ0) is 19.1. The number of halogens is 1. The molecule has 0 spiro atoms. The van der Waals surface area contributed by atoms with Crippen molar-refractivity contribution in [3.8, 4) is 5.75 Å². The Morgan fingerprint density at radius 2 is 1.78 bits per heavy atom. The van der Waals surface area contributed by atoms with Gasteiger partial charge in [-0.15, -0.1) is 0 Å². The van der Waals surface area contributed by atoms with Crippen LogP contribution in [0.3, 0.4) is 0 Å². The molecule has 0 bridgehead atoms. The van der Waals surface area contributed by atoms with Crippen LogP contribution in [-0.2, 0) is 11.2 Å². The molecular weight excluding hydrogens is 360 g/mol. The number of nitrogens with zero attached hydrogens (tertiary/aromatic N) is 1. The molecule has 0 aromatic heterocycles. The standard InChI is InChI=1S/C22H27ClN2O2/c1-27-19-10-6-17(7-11-19)8-13-22(26)24-20-16-18(23)9-12-21(20)25-14-4-2-3-5-15-25/h6-7,9-12,16H,2-5,8,13-15H2,1H3,(H,24,26). The van der Waals surface area contributed by atoms with Crippen LogP contribution in [0.2, 0.25) is 5.02 Å². The number of benzene rings is 2. The average Bonchev–Trinajstić information content (AvgIpc) is 2.96. The summed E-state index contributed by atoms with van der Waals surface area (Å²) in [6.07, 6.45) is 6.04. The molecule has 0 saturated carbocycles. The summed E-state index contributed by atoms with van der Waals surface area (Å²) in [5.41, 5.74) is 2.99. The van der Waals surface area contributed by atoms with E-state index in [2.05, 4.69) is 10.2 Å². The van der Waals surface area contributed by atoms with Gasteiger partial charge in [0.05, 0.1) is 18.5 Å². The molecular formula is C22H27ClN2O2. The van der Waals surface area contributed by atoms with Crippen molar-refractivity contribution in [3.63, 3.8) is 0 Å². The van der Waals surface area contributed by atoms with Crippen LogP contribution in [0.25, 0.3) is 0 Å². The van der Waals surface area contributed by atoms with Crippen LogP contribution in [0.1, 0.15) is 37.7 Å². The largest absolute Gasteiger partial charge is 0.497 e. The van der Waals surface area contributed by atoms with Crippen LogP contribution < -0.4 is 15.0 Å². The molecule has 2 aromatic carbocycles. The van der Waals surface area contributed by atoms with E-state index in [0.717, 1.165) is 35.8 Å². The molecule has 1 aliphatic rings. The molecule has 2 aromatic rings. The van der Waals surface area contributed by atoms with Crippen LogP contribution in [0, 0.1) is 0 Å². The smallest absolute Gasteiger partial charge is 0.224 e. The van der Waals surface area contributed by atoms with E-state index in [1.807, 2.05) is 42.5 Å². The number of carbonyl (C=O) groups is 1. The van der Waals surface area contributed by atoms with Gasteiger partial charge in [0.15, 0.2) is 0 Å². The van der Waals surface area contributed by atoms with Gasteiger partial charge in [0.2, 0.25) is 5.91 Å². The molecule has 0 unspecified atom stereocenters. The summed E-state index contributed by atoms with van der Waals surface area (Å²) in [6, 6.07) is 13.6. The van der Waals surface area contributed by atoms with Crippen LogP contribution in [0.4, 0.5) is 11.4 Å². The number of hydrogen-bond acceptors (Lipinski definition) is 3. The topological polar surface area (TPSA) is 41.6 Å². The molecule has 3 rings (SSSR count). The maximum absolute atomic E-state index is 12.5. The van der Waals surface area contributed by atoms with Crippen molar-refractivity contribution in [1.82, 2.24) is 0 Å². The Balaban J connectivity index is 1.64. The number of methoxy groups -OCH3 is 1. The van der Waals surface area contributed by atoms with Crippen molar-refractivity contribution in [2.24, 2.45) is 0 Å². The lowest BCUT2D eigenvalue weighted by atomic mass is 10.1. The molecule has 1 aliphatic heterocycles. The Labute approximate surface area is 166 Å². The Kier molecular flexibility index (Phi) is 6.99. The molecule has 1 saturated heterocycles. The van der Waals surface area contributed by atoms with E-state index in [1.165, 1.54) is 25.7 Å². The van der Waals surface area contributed by atoms with Gasteiger partial charge in [0.25, 0.3) is 0 Å². The summed E-state index contributed by atoms with van der Waals surface area (Å²) >= 11 is 6.19. The van der Waals surface area contributed by atoms with Crippen molar-refractivity contribution in [2.75, 3.05) is 30.4 Å². The fourth-order valence-electron chi connectivity index (χ4n) is 3.46. The lowest BCUT2D eigenvalue weighted by Crippen LogP contribution is -2.25. The maximum Gasteiger partial charge on any atom is 0.224 e.